The van der Waals surface area contributed by atoms with Gasteiger partial charge in [0.15, 0.2) is 8.32 Å². The Labute approximate surface area is 137 Å². The molecule has 0 aromatic heterocycles. The maximum atomic E-state index is 11.2. The normalized spacial score (nSPS) is 22.6. The van der Waals surface area contributed by atoms with Crippen molar-refractivity contribution in [2.24, 2.45) is 11.8 Å². The average Bonchev–Trinajstić information content (AvgIpc) is 2.43. The Kier molecular flexibility index (Phi) is 7.15. The zero-order valence-corrected chi connectivity index (χ0v) is 16.1. The minimum absolute atomic E-state index is 0.273. The summed E-state index contributed by atoms with van der Waals surface area (Å²) in [6, 6.07) is 0. The van der Waals surface area contributed by atoms with Crippen LogP contribution in [0.15, 0.2) is 0 Å². The number of ether oxygens (including phenoxy) is 1. The molecule has 3 nitrogen and oxygen atoms in total. The Balaban J connectivity index is 2.36. The first-order chi connectivity index (χ1) is 10.2. The van der Waals surface area contributed by atoms with Crippen molar-refractivity contribution >= 4 is 14.3 Å². The number of rotatable bonds is 4. The van der Waals surface area contributed by atoms with Gasteiger partial charge in [-0.1, -0.05) is 26.7 Å². The number of hydrogen-bond donors (Lipinski definition) is 0. The third kappa shape index (κ3) is 6.14. The van der Waals surface area contributed by atoms with Gasteiger partial charge in [0.05, 0.1) is 6.61 Å². The molecule has 1 aliphatic carbocycles. The molecule has 1 fully saturated rings. The van der Waals surface area contributed by atoms with Crippen LogP contribution in [0.2, 0.25) is 18.1 Å². The monoisotopic (exact) mass is 324 g/mol. The molecule has 0 bridgehead atoms. The molecule has 0 aliphatic heterocycles. The summed E-state index contributed by atoms with van der Waals surface area (Å²) in [6.45, 7) is 14.5. The number of hydrogen-bond acceptors (Lipinski definition) is 3. The SMILES string of the molecule is CCOC(=O)C#CC1CCC(CO[Si](C)(C)C(C)(C)C)CC1. The molecule has 4 heteroatoms. The summed E-state index contributed by atoms with van der Waals surface area (Å²) in [5.41, 5.74) is 0. The van der Waals surface area contributed by atoms with Crippen LogP contribution in [-0.4, -0.2) is 27.5 Å². The van der Waals surface area contributed by atoms with Crippen molar-refractivity contribution in [2.75, 3.05) is 13.2 Å². The van der Waals surface area contributed by atoms with Gasteiger partial charge in [-0.2, -0.15) is 0 Å². The fraction of sp³-hybridized carbons (Fsp3) is 0.833. The molecule has 0 aromatic rings. The van der Waals surface area contributed by atoms with E-state index >= 15 is 0 Å². The maximum Gasteiger partial charge on any atom is 0.384 e. The topological polar surface area (TPSA) is 35.5 Å². The lowest BCUT2D eigenvalue weighted by Gasteiger charge is -2.38. The highest BCUT2D eigenvalue weighted by atomic mass is 28.4. The smallest absolute Gasteiger partial charge is 0.384 e. The largest absolute Gasteiger partial charge is 0.456 e. The molecule has 0 heterocycles. The molecule has 0 atom stereocenters. The first-order valence-corrected chi connectivity index (χ1v) is 11.4. The van der Waals surface area contributed by atoms with Crippen molar-refractivity contribution < 1.29 is 14.0 Å². The van der Waals surface area contributed by atoms with E-state index in [-0.39, 0.29) is 5.04 Å². The lowest BCUT2D eigenvalue weighted by Crippen LogP contribution is -2.42. The molecule has 0 saturated heterocycles. The molecule has 22 heavy (non-hydrogen) atoms. The maximum absolute atomic E-state index is 11.2. The molecule has 1 aliphatic rings. The van der Waals surface area contributed by atoms with Crippen LogP contribution in [0.5, 0.6) is 0 Å². The third-order valence-corrected chi connectivity index (χ3v) is 9.49. The van der Waals surface area contributed by atoms with Crippen molar-refractivity contribution in [1.82, 2.24) is 0 Å². The number of carbonyl (C=O) groups excluding carboxylic acids is 1. The summed E-state index contributed by atoms with van der Waals surface area (Å²) in [7, 11) is -1.63. The van der Waals surface area contributed by atoms with Crippen LogP contribution in [-0.2, 0) is 14.0 Å². The van der Waals surface area contributed by atoms with Crippen LogP contribution in [0, 0.1) is 23.7 Å². The summed E-state index contributed by atoms with van der Waals surface area (Å²) < 4.78 is 11.2. The van der Waals surface area contributed by atoms with Gasteiger partial charge in [0.2, 0.25) is 0 Å². The second kappa shape index (κ2) is 8.17. The van der Waals surface area contributed by atoms with E-state index < -0.39 is 14.3 Å². The second-order valence-electron chi connectivity index (χ2n) is 7.78. The number of carbonyl (C=O) groups is 1. The summed E-state index contributed by atoms with van der Waals surface area (Å²) >= 11 is 0. The highest BCUT2D eigenvalue weighted by Crippen LogP contribution is 2.38. The lowest BCUT2D eigenvalue weighted by molar-refractivity contribution is -0.136. The van der Waals surface area contributed by atoms with Gasteiger partial charge in [0.25, 0.3) is 0 Å². The molecule has 0 spiro atoms. The highest BCUT2D eigenvalue weighted by molar-refractivity contribution is 6.74. The Morgan fingerprint density at radius 1 is 1.18 bits per heavy atom. The predicted octanol–water partition coefficient (Wildman–Crippen LogP) is 4.38. The summed E-state index contributed by atoms with van der Waals surface area (Å²) in [4.78, 5) is 11.2. The predicted molar refractivity (Wildman–Crippen MR) is 93.0 cm³/mol. The first-order valence-electron chi connectivity index (χ1n) is 8.48. The quantitative estimate of drug-likeness (QED) is 0.333. The van der Waals surface area contributed by atoms with Crippen LogP contribution in [0.25, 0.3) is 0 Å². The van der Waals surface area contributed by atoms with Gasteiger partial charge in [-0.15, -0.1) is 0 Å². The van der Waals surface area contributed by atoms with E-state index in [2.05, 4.69) is 45.7 Å². The second-order valence-corrected chi connectivity index (χ2v) is 12.6. The fourth-order valence-corrected chi connectivity index (χ4v) is 3.43. The van der Waals surface area contributed by atoms with Crippen molar-refractivity contribution in [2.45, 2.75) is 71.5 Å². The van der Waals surface area contributed by atoms with Crippen molar-refractivity contribution in [3.05, 3.63) is 0 Å². The zero-order valence-electron chi connectivity index (χ0n) is 15.1. The van der Waals surface area contributed by atoms with Crippen LogP contribution < -0.4 is 0 Å². The molecule has 0 radical (unpaired) electrons. The zero-order chi connectivity index (χ0) is 16.8. The van der Waals surface area contributed by atoms with Crippen molar-refractivity contribution in [3.63, 3.8) is 0 Å². The minimum atomic E-state index is -1.63. The van der Waals surface area contributed by atoms with E-state index in [1.165, 1.54) is 0 Å². The fourth-order valence-electron chi connectivity index (χ4n) is 2.34. The summed E-state index contributed by atoms with van der Waals surface area (Å²) in [5.74, 6) is 6.27. The van der Waals surface area contributed by atoms with Gasteiger partial charge in [-0.3, -0.25) is 0 Å². The van der Waals surface area contributed by atoms with Crippen molar-refractivity contribution in [3.8, 4) is 11.8 Å². The van der Waals surface area contributed by atoms with E-state index in [9.17, 15) is 4.79 Å². The molecular weight excluding hydrogens is 292 g/mol. The Bertz CT molecular complexity index is 418. The van der Waals surface area contributed by atoms with Gasteiger partial charge < -0.3 is 9.16 Å². The summed E-state index contributed by atoms with van der Waals surface area (Å²) in [6.07, 6.45) is 4.43. The molecule has 0 aromatic carbocycles. The molecule has 1 rings (SSSR count). The Hall–Kier alpha value is -0.793. The molecule has 0 N–H and O–H groups in total. The van der Waals surface area contributed by atoms with E-state index in [1.54, 1.807) is 6.92 Å². The summed E-state index contributed by atoms with van der Waals surface area (Å²) in [5, 5.41) is 0.273. The Morgan fingerprint density at radius 3 is 2.27 bits per heavy atom. The van der Waals surface area contributed by atoms with Gasteiger partial charge in [0, 0.05) is 18.4 Å². The standard InChI is InChI=1S/C18H32O3Si/c1-7-20-17(19)13-12-15-8-10-16(11-9-15)14-21-22(5,6)18(2,3)4/h15-16H,7-11,14H2,1-6H3. The first kappa shape index (κ1) is 19.3. The third-order valence-electron chi connectivity index (χ3n) is 4.99. The van der Waals surface area contributed by atoms with Crippen LogP contribution in [0.1, 0.15) is 53.4 Å². The highest BCUT2D eigenvalue weighted by Gasteiger charge is 2.37. The molecular formula is C18H32O3Si. The van der Waals surface area contributed by atoms with Gasteiger partial charge in [-0.25, -0.2) is 4.79 Å². The van der Waals surface area contributed by atoms with Gasteiger partial charge >= 0.3 is 5.97 Å². The lowest BCUT2D eigenvalue weighted by atomic mass is 9.83. The van der Waals surface area contributed by atoms with E-state index in [0.29, 0.717) is 18.4 Å². The average molecular weight is 325 g/mol. The van der Waals surface area contributed by atoms with Crippen LogP contribution >= 0.6 is 0 Å². The van der Waals surface area contributed by atoms with E-state index in [4.69, 9.17) is 9.16 Å². The Morgan fingerprint density at radius 2 is 1.77 bits per heavy atom. The van der Waals surface area contributed by atoms with Gasteiger partial charge in [0.1, 0.15) is 0 Å². The molecule has 0 amide bonds. The van der Waals surface area contributed by atoms with E-state index in [1.807, 2.05) is 0 Å². The minimum Gasteiger partial charge on any atom is -0.456 e. The van der Waals surface area contributed by atoms with Crippen LogP contribution in [0.4, 0.5) is 0 Å². The molecule has 1 saturated carbocycles. The number of esters is 1. The van der Waals surface area contributed by atoms with Crippen LogP contribution in [0.3, 0.4) is 0 Å². The van der Waals surface area contributed by atoms with Gasteiger partial charge in [-0.05, 0) is 56.7 Å². The molecule has 126 valence electrons. The molecule has 0 unspecified atom stereocenters. The van der Waals surface area contributed by atoms with Crippen molar-refractivity contribution in [1.29, 1.82) is 0 Å². The van der Waals surface area contributed by atoms with E-state index in [0.717, 1.165) is 32.3 Å².